The van der Waals surface area contributed by atoms with E-state index in [1.807, 2.05) is 24.3 Å². The second kappa shape index (κ2) is 9.05. The summed E-state index contributed by atoms with van der Waals surface area (Å²) in [6.07, 6.45) is 0. The van der Waals surface area contributed by atoms with Crippen molar-refractivity contribution in [3.05, 3.63) is 54.1 Å². The fourth-order valence-electron chi connectivity index (χ4n) is 2.37. The van der Waals surface area contributed by atoms with Crippen LogP contribution in [0, 0.1) is 0 Å². The number of aromatic amines is 1. The minimum absolute atomic E-state index is 0.164. The molecule has 0 atom stereocenters. The summed E-state index contributed by atoms with van der Waals surface area (Å²) < 4.78 is 5.13. The van der Waals surface area contributed by atoms with Crippen LogP contribution in [0.4, 0.5) is 5.69 Å². The average molecular weight is 397 g/mol. The standard InChI is InChI=1S/C19H19N5O3S/c1-20-18(26)13-3-7-14(8-4-13)21-16(25)11-28-19-22-17(23-24-19)12-5-9-15(27-2)10-6-12/h3-10H,11H2,1-2H3,(H,20,26)(H,21,25)(H,22,23,24). The topological polar surface area (TPSA) is 109 Å². The van der Waals surface area contributed by atoms with Crippen molar-refractivity contribution in [3.63, 3.8) is 0 Å². The number of nitrogens with zero attached hydrogens (tertiary/aromatic N) is 2. The van der Waals surface area contributed by atoms with E-state index < -0.39 is 0 Å². The number of hydrogen-bond donors (Lipinski definition) is 3. The van der Waals surface area contributed by atoms with Crippen LogP contribution < -0.4 is 15.4 Å². The van der Waals surface area contributed by atoms with E-state index in [0.29, 0.717) is 22.2 Å². The number of thioether (sulfide) groups is 1. The van der Waals surface area contributed by atoms with Crippen molar-refractivity contribution in [1.82, 2.24) is 20.5 Å². The zero-order chi connectivity index (χ0) is 19.9. The van der Waals surface area contributed by atoms with Gasteiger partial charge in [0.1, 0.15) is 5.75 Å². The molecule has 0 unspecified atom stereocenters. The summed E-state index contributed by atoms with van der Waals surface area (Å²) in [6, 6.07) is 14.1. The molecule has 0 radical (unpaired) electrons. The highest BCUT2D eigenvalue weighted by atomic mass is 32.2. The van der Waals surface area contributed by atoms with Crippen molar-refractivity contribution < 1.29 is 14.3 Å². The van der Waals surface area contributed by atoms with Gasteiger partial charge in [-0.05, 0) is 48.5 Å². The molecule has 9 heteroatoms. The van der Waals surface area contributed by atoms with Gasteiger partial charge in [0.2, 0.25) is 11.1 Å². The summed E-state index contributed by atoms with van der Waals surface area (Å²) in [7, 11) is 3.18. The maximum Gasteiger partial charge on any atom is 0.251 e. The van der Waals surface area contributed by atoms with Gasteiger partial charge >= 0.3 is 0 Å². The number of anilines is 1. The number of nitrogens with one attached hydrogen (secondary N) is 3. The van der Waals surface area contributed by atoms with Gasteiger partial charge in [0.05, 0.1) is 12.9 Å². The van der Waals surface area contributed by atoms with Crippen LogP contribution in [0.15, 0.2) is 53.7 Å². The Balaban J connectivity index is 1.53. The molecule has 3 aromatic rings. The number of hydrogen-bond acceptors (Lipinski definition) is 6. The van der Waals surface area contributed by atoms with Gasteiger partial charge in [0.25, 0.3) is 5.91 Å². The zero-order valence-corrected chi connectivity index (χ0v) is 16.2. The minimum atomic E-state index is -0.187. The average Bonchev–Trinajstić information content (AvgIpc) is 3.21. The predicted octanol–water partition coefficient (Wildman–Crippen LogP) is 2.57. The van der Waals surface area contributed by atoms with Gasteiger partial charge in [-0.15, -0.1) is 5.10 Å². The lowest BCUT2D eigenvalue weighted by Crippen LogP contribution is -2.18. The van der Waals surface area contributed by atoms with Crippen LogP contribution in [-0.2, 0) is 4.79 Å². The molecule has 144 valence electrons. The first-order chi connectivity index (χ1) is 13.6. The second-order valence-electron chi connectivity index (χ2n) is 5.69. The maximum absolute atomic E-state index is 12.1. The summed E-state index contributed by atoms with van der Waals surface area (Å²) in [6.45, 7) is 0. The Hall–Kier alpha value is -3.33. The Morgan fingerprint density at radius 3 is 2.46 bits per heavy atom. The summed E-state index contributed by atoms with van der Waals surface area (Å²) >= 11 is 1.23. The third-order valence-corrected chi connectivity index (χ3v) is 4.67. The van der Waals surface area contributed by atoms with Crippen LogP contribution in [0.2, 0.25) is 0 Å². The molecule has 3 rings (SSSR count). The summed E-state index contributed by atoms with van der Waals surface area (Å²) in [5.74, 6) is 1.18. The number of H-pyrrole nitrogens is 1. The molecule has 3 N–H and O–H groups in total. The Kier molecular flexibility index (Phi) is 6.28. The molecule has 1 aromatic heterocycles. The van der Waals surface area contributed by atoms with Gasteiger partial charge in [-0.3, -0.25) is 14.7 Å². The molecular formula is C19H19N5O3S. The molecule has 0 bridgehead atoms. The van der Waals surface area contributed by atoms with E-state index in [9.17, 15) is 9.59 Å². The lowest BCUT2D eigenvalue weighted by atomic mass is 10.2. The van der Waals surface area contributed by atoms with Gasteiger partial charge < -0.3 is 15.4 Å². The normalized spacial score (nSPS) is 10.4. The number of methoxy groups -OCH3 is 1. The van der Waals surface area contributed by atoms with E-state index in [1.165, 1.54) is 11.8 Å². The summed E-state index contributed by atoms with van der Waals surface area (Å²) in [5.41, 5.74) is 2.02. The van der Waals surface area contributed by atoms with Gasteiger partial charge in [-0.25, -0.2) is 4.98 Å². The monoisotopic (exact) mass is 397 g/mol. The van der Waals surface area contributed by atoms with Gasteiger partial charge in [-0.2, -0.15) is 0 Å². The van der Waals surface area contributed by atoms with E-state index in [0.717, 1.165) is 11.3 Å². The van der Waals surface area contributed by atoms with Crippen molar-refractivity contribution >= 4 is 29.3 Å². The maximum atomic E-state index is 12.1. The smallest absolute Gasteiger partial charge is 0.251 e. The van der Waals surface area contributed by atoms with E-state index in [1.54, 1.807) is 38.4 Å². The molecule has 0 spiro atoms. The van der Waals surface area contributed by atoms with Gasteiger partial charge in [0.15, 0.2) is 5.82 Å². The lowest BCUT2D eigenvalue weighted by Gasteiger charge is -2.05. The Morgan fingerprint density at radius 2 is 1.82 bits per heavy atom. The van der Waals surface area contributed by atoms with Crippen LogP contribution in [0.1, 0.15) is 10.4 Å². The lowest BCUT2D eigenvalue weighted by molar-refractivity contribution is -0.113. The van der Waals surface area contributed by atoms with E-state index in [4.69, 9.17) is 4.74 Å². The molecule has 28 heavy (non-hydrogen) atoms. The molecule has 0 aliphatic carbocycles. The molecule has 2 amide bonds. The van der Waals surface area contributed by atoms with Crippen LogP contribution in [0.3, 0.4) is 0 Å². The van der Waals surface area contributed by atoms with Crippen LogP contribution >= 0.6 is 11.8 Å². The molecule has 0 aliphatic heterocycles. The summed E-state index contributed by atoms with van der Waals surface area (Å²) in [4.78, 5) is 28.0. The first-order valence-electron chi connectivity index (χ1n) is 8.40. The summed E-state index contributed by atoms with van der Waals surface area (Å²) in [5, 5.41) is 12.8. The Labute approximate surface area is 166 Å². The Morgan fingerprint density at radius 1 is 1.11 bits per heavy atom. The first-order valence-corrected chi connectivity index (χ1v) is 9.39. The highest BCUT2D eigenvalue weighted by molar-refractivity contribution is 7.99. The number of carbonyl (C=O) groups excluding carboxylic acids is 2. The largest absolute Gasteiger partial charge is 0.497 e. The number of benzene rings is 2. The highest BCUT2D eigenvalue weighted by Gasteiger charge is 2.10. The van der Waals surface area contributed by atoms with E-state index in [-0.39, 0.29) is 17.6 Å². The molecule has 8 nitrogen and oxygen atoms in total. The third-order valence-electron chi connectivity index (χ3n) is 3.82. The quantitative estimate of drug-likeness (QED) is 0.529. The van der Waals surface area contributed by atoms with Crippen LogP contribution in [0.5, 0.6) is 5.75 Å². The number of rotatable bonds is 7. The highest BCUT2D eigenvalue weighted by Crippen LogP contribution is 2.22. The molecule has 2 aromatic carbocycles. The van der Waals surface area contributed by atoms with Gasteiger partial charge in [-0.1, -0.05) is 11.8 Å². The van der Waals surface area contributed by atoms with E-state index in [2.05, 4.69) is 25.8 Å². The zero-order valence-electron chi connectivity index (χ0n) is 15.4. The van der Waals surface area contributed by atoms with Crippen LogP contribution in [-0.4, -0.2) is 46.9 Å². The molecule has 0 fully saturated rings. The molecule has 0 saturated heterocycles. The SMILES string of the molecule is CNC(=O)c1ccc(NC(=O)CSc2n[nH]c(-c3ccc(OC)cc3)n2)cc1. The van der Waals surface area contributed by atoms with E-state index >= 15 is 0 Å². The second-order valence-corrected chi connectivity index (χ2v) is 6.63. The molecular weight excluding hydrogens is 378 g/mol. The third kappa shape index (κ3) is 4.89. The molecule has 1 heterocycles. The molecule has 0 aliphatic rings. The van der Waals surface area contributed by atoms with Gasteiger partial charge in [0, 0.05) is 23.9 Å². The predicted molar refractivity (Wildman–Crippen MR) is 108 cm³/mol. The number of aromatic nitrogens is 3. The fraction of sp³-hybridized carbons (Fsp3) is 0.158. The minimum Gasteiger partial charge on any atom is -0.497 e. The number of ether oxygens (including phenoxy) is 1. The number of carbonyl (C=O) groups is 2. The van der Waals surface area contributed by atoms with Crippen molar-refractivity contribution in [2.75, 3.05) is 25.2 Å². The van der Waals surface area contributed by atoms with Crippen molar-refractivity contribution in [2.45, 2.75) is 5.16 Å². The Bertz CT molecular complexity index is 954. The fourth-order valence-corrected chi connectivity index (χ4v) is 2.96. The first kappa shape index (κ1) is 19.4. The van der Waals surface area contributed by atoms with Crippen molar-refractivity contribution in [3.8, 4) is 17.1 Å². The number of amides is 2. The van der Waals surface area contributed by atoms with Crippen molar-refractivity contribution in [2.24, 2.45) is 0 Å². The molecule has 0 saturated carbocycles. The van der Waals surface area contributed by atoms with Crippen molar-refractivity contribution in [1.29, 1.82) is 0 Å². The van der Waals surface area contributed by atoms with Crippen LogP contribution in [0.25, 0.3) is 11.4 Å².